The van der Waals surface area contributed by atoms with Gasteiger partial charge in [-0.2, -0.15) is 0 Å². The van der Waals surface area contributed by atoms with Crippen LogP contribution in [-0.4, -0.2) is 53.1 Å². The van der Waals surface area contributed by atoms with Crippen LogP contribution in [0.1, 0.15) is 124 Å². The van der Waals surface area contributed by atoms with Crippen molar-refractivity contribution in [2.24, 2.45) is 56.7 Å². The minimum absolute atomic E-state index is 0.00914. The lowest BCUT2D eigenvalue weighted by Crippen LogP contribution is -2.66. The first-order valence-electron chi connectivity index (χ1n) is 22.2. The zero-order valence-electron chi connectivity index (χ0n) is 36.1. The van der Waals surface area contributed by atoms with E-state index in [1.807, 2.05) is 60.7 Å². The van der Waals surface area contributed by atoms with Crippen LogP contribution in [0.25, 0.3) is 0 Å². The molecule has 7 nitrogen and oxygen atoms in total. The number of benzene rings is 2. The molecule has 0 aromatic heterocycles. The van der Waals surface area contributed by atoms with Crippen LogP contribution in [0, 0.1) is 56.7 Å². The summed E-state index contributed by atoms with van der Waals surface area (Å²) in [4.78, 5) is 45.8. The van der Waals surface area contributed by atoms with Crippen molar-refractivity contribution in [1.29, 1.82) is 0 Å². The molecule has 0 aliphatic heterocycles. The van der Waals surface area contributed by atoms with Crippen molar-refractivity contribution in [2.45, 2.75) is 138 Å². The molecular formula is C50H70N2O5. The Morgan fingerprint density at radius 3 is 2.18 bits per heavy atom. The third-order valence-electron chi connectivity index (χ3n) is 17.5. The molecule has 2 amide bonds. The normalized spacial score (nSPS) is 37.2. The number of hydrogen-bond acceptors (Lipinski definition) is 5. The maximum absolute atomic E-state index is 16.0. The predicted molar refractivity (Wildman–Crippen MR) is 226 cm³/mol. The van der Waals surface area contributed by atoms with Crippen molar-refractivity contribution in [2.75, 3.05) is 13.2 Å². The van der Waals surface area contributed by atoms with Gasteiger partial charge in [-0.1, -0.05) is 121 Å². The van der Waals surface area contributed by atoms with Crippen molar-refractivity contribution < 1.29 is 24.2 Å². The molecule has 7 heteroatoms. The number of fused-ring (bicyclic) bond motifs is 7. The highest BCUT2D eigenvalue weighted by atomic mass is 16.5. The van der Waals surface area contributed by atoms with Crippen LogP contribution in [0.5, 0.6) is 0 Å². The number of carbonyl (C=O) groups excluding carboxylic acids is 3. The van der Waals surface area contributed by atoms with Crippen LogP contribution >= 0.6 is 0 Å². The van der Waals surface area contributed by atoms with Gasteiger partial charge in [0, 0.05) is 13.0 Å². The van der Waals surface area contributed by atoms with Crippen molar-refractivity contribution in [3.63, 3.8) is 0 Å². The van der Waals surface area contributed by atoms with Crippen LogP contribution < -0.4 is 5.32 Å². The van der Waals surface area contributed by atoms with Gasteiger partial charge in [0.25, 0.3) is 0 Å². The third-order valence-corrected chi connectivity index (χ3v) is 17.5. The second-order valence-electron chi connectivity index (χ2n) is 20.3. The van der Waals surface area contributed by atoms with E-state index in [-0.39, 0.29) is 71.0 Å². The van der Waals surface area contributed by atoms with Crippen molar-refractivity contribution in [3.05, 3.63) is 83.4 Å². The molecule has 11 atom stereocenters. The van der Waals surface area contributed by atoms with Crippen molar-refractivity contribution in [1.82, 2.24) is 10.2 Å². The Balaban J connectivity index is 1.29. The molecule has 57 heavy (non-hydrogen) atoms. The summed E-state index contributed by atoms with van der Waals surface area (Å²) in [5, 5.41) is 14.3. The van der Waals surface area contributed by atoms with Gasteiger partial charge in [0.2, 0.25) is 11.8 Å². The second kappa shape index (κ2) is 15.6. The average Bonchev–Trinajstić information content (AvgIpc) is 3.19. The maximum Gasteiger partial charge on any atom is 0.329 e. The van der Waals surface area contributed by atoms with Gasteiger partial charge in [-0.25, -0.2) is 4.79 Å². The number of aliphatic hydroxyl groups is 1. The summed E-state index contributed by atoms with van der Waals surface area (Å²) in [6.07, 6.45) is 11.0. The maximum atomic E-state index is 16.0. The lowest BCUT2D eigenvalue weighted by atomic mass is 9.33. The summed E-state index contributed by atoms with van der Waals surface area (Å²) in [5.74, 6) is 0.854. The number of ether oxygens (including phenoxy) is 1. The Kier molecular flexibility index (Phi) is 11.4. The van der Waals surface area contributed by atoms with Crippen LogP contribution in [0.2, 0.25) is 0 Å². The molecule has 4 saturated carbocycles. The summed E-state index contributed by atoms with van der Waals surface area (Å²) in [7, 11) is 0. The quantitative estimate of drug-likeness (QED) is 0.185. The smallest absolute Gasteiger partial charge is 0.329 e. The van der Waals surface area contributed by atoms with E-state index in [2.05, 4.69) is 59.9 Å². The van der Waals surface area contributed by atoms with Gasteiger partial charge in [0.05, 0.1) is 18.1 Å². The van der Waals surface area contributed by atoms with Crippen LogP contribution in [0.15, 0.2) is 72.3 Å². The SMILES string of the molecule is CCOC(=O)[C@@H](Cc1ccccc1)N(CC(=O)NCc1ccccc1)C(=O)[C@]12CC[C@@H](C)[C@H](C)[C@H]1C1=CC[C@@H]3[C@@]4(C)CC[C@H](O)C(C)(C)[C@@H]4CC[C@@]3(C)[C@]1(C)CC2. The zero-order chi connectivity index (χ0) is 41.0. The van der Waals surface area contributed by atoms with Gasteiger partial charge in [-0.15, -0.1) is 0 Å². The molecule has 5 aliphatic rings. The molecule has 0 heterocycles. The molecule has 0 radical (unpaired) electrons. The first-order valence-corrected chi connectivity index (χ1v) is 22.2. The fourth-order valence-corrected chi connectivity index (χ4v) is 13.9. The molecule has 5 aliphatic carbocycles. The Bertz CT molecular complexity index is 1830. The van der Waals surface area contributed by atoms with E-state index in [9.17, 15) is 14.7 Å². The van der Waals surface area contributed by atoms with Gasteiger partial charge in [-0.05, 0) is 127 Å². The second-order valence-corrected chi connectivity index (χ2v) is 20.3. The number of aliphatic hydroxyl groups excluding tert-OH is 1. The summed E-state index contributed by atoms with van der Waals surface area (Å²) in [5.41, 5.74) is 2.59. The average molecular weight is 779 g/mol. The van der Waals surface area contributed by atoms with Crippen molar-refractivity contribution in [3.8, 4) is 0 Å². The summed E-state index contributed by atoms with van der Waals surface area (Å²) in [6, 6.07) is 18.7. The molecule has 0 spiro atoms. The van der Waals surface area contributed by atoms with E-state index in [4.69, 9.17) is 4.74 Å². The van der Waals surface area contributed by atoms with Crippen molar-refractivity contribution >= 4 is 17.8 Å². The largest absolute Gasteiger partial charge is 0.464 e. The highest BCUT2D eigenvalue weighted by Crippen LogP contribution is 2.76. The van der Waals surface area contributed by atoms with E-state index < -0.39 is 17.4 Å². The van der Waals surface area contributed by atoms with E-state index in [0.717, 1.165) is 68.9 Å². The number of amides is 2. The standard InChI is InChI=1S/C50H70N2O5/c1-9-57-44(55)38(30-35-16-12-10-13-17-35)52(32-42(54)51-31-36-18-14-11-15-19-36)45(56)50-27-22-33(2)34(3)43(50)37-20-21-40-47(6)25-24-41(53)46(4,5)39(47)23-26-49(40,8)48(37,7)28-29-50/h10-20,33-34,38-41,43,53H,9,21-32H2,1-8H3,(H,51,54)/t33-,34+,38-,39+,40-,41+,43+,47+,48-,49-,50+/m1/s1. The van der Waals surface area contributed by atoms with E-state index in [1.54, 1.807) is 11.8 Å². The highest BCUT2D eigenvalue weighted by Gasteiger charge is 2.70. The summed E-state index contributed by atoms with van der Waals surface area (Å²) < 4.78 is 5.73. The fourth-order valence-electron chi connectivity index (χ4n) is 13.9. The number of hydrogen-bond donors (Lipinski definition) is 2. The monoisotopic (exact) mass is 779 g/mol. The fraction of sp³-hybridized carbons (Fsp3) is 0.660. The van der Waals surface area contributed by atoms with Gasteiger partial charge < -0.3 is 20.1 Å². The molecule has 0 saturated heterocycles. The molecule has 4 fully saturated rings. The van der Waals surface area contributed by atoms with Gasteiger partial charge in [-0.3, -0.25) is 9.59 Å². The third kappa shape index (κ3) is 6.90. The summed E-state index contributed by atoms with van der Waals surface area (Å²) in [6.45, 7) is 19.1. The lowest BCUT2D eigenvalue weighted by Gasteiger charge is -2.71. The predicted octanol–water partition coefficient (Wildman–Crippen LogP) is 9.32. The molecule has 2 aromatic carbocycles. The van der Waals surface area contributed by atoms with Gasteiger partial charge >= 0.3 is 5.97 Å². The molecule has 0 unspecified atom stereocenters. The van der Waals surface area contributed by atoms with Gasteiger partial charge in [0.15, 0.2) is 0 Å². The Labute approximate surface area is 342 Å². The Hall–Kier alpha value is -3.45. The zero-order valence-corrected chi connectivity index (χ0v) is 36.1. The molecule has 2 aromatic rings. The van der Waals surface area contributed by atoms with E-state index >= 15 is 4.79 Å². The minimum atomic E-state index is -0.942. The topological polar surface area (TPSA) is 95.9 Å². The first-order chi connectivity index (χ1) is 27.0. The Morgan fingerprint density at radius 1 is 0.842 bits per heavy atom. The number of nitrogens with one attached hydrogen (secondary N) is 1. The van der Waals surface area contributed by atoms with Crippen LogP contribution in [0.4, 0.5) is 0 Å². The first kappa shape index (κ1) is 41.7. The minimum Gasteiger partial charge on any atom is -0.464 e. The van der Waals surface area contributed by atoms with Crippen LogP contribution in [-0.2, 0) is 32.1 Å². The Morgan fingerprint density at radius 2 is 1.51 bits per heavy atom. The van der Waals surface area contributed by atoms with Crippen LogP contribution in [0.3, 0.4) is 0 Å². The molecule has 0 bridgehead atoms. The number of carbonyl (C=O) groups is 3. The summed E-state index contributed by atoms with van der Waals surface area (Å²) >= 11 is 0. The molecule has 2 N–H and O–H groups in total. The highest BCUT2D eigenvalue weighted by molar-refractivity contribution is 5.93. The number of nitrogens with zero attached hydrogens (tertiary/aromatic N) is 1. The molecule has 310 valence electrons. The lowest BCUT2D eigenvalue weighted by molar-refractivity contribution is -0.206. The van der Waals surface area contributed by atoms with E-state index in [0.29, 0.717) is 24.3 Å². The molecule has 7 rings (SSSR count). The van der Waals surface area contributed by atoms with E-state index in [1.165, 1.54) is 5.57 Å². The number of esters is 1. The van der Waals surface area contributed by atoms with Gasteiger partial charge in [0.1, 0.15) is 12.6 Å². The number of allylic oxidation sites excluding steroid dienone is 2. The number of rotatable bonds is 10. The molecular weight excluding hydrogens is 709 g/mol.